The summed E-state index contributed by atoms with van der Waals surface area (Å²) < 4.78 is 38.6. The number of rotatable bonds is 20. The smallest absolute Gasteiger partial charge is 0.128 e. The van der Waals surface area contributed by atoms with Gasteiger partial charge in [0, 0.05) is 22.3 Å². The molecule has 0 unspecified atom stereocenters. The van der Waals surface area contributed by atoms with Crippen LogP contribution < -0.4 is 28.4 Å². The van der Waals surface area contributed by atoms with Gasteiger partial charge in [-0.3, -0.25) is 0 Å². The van der Waals surface area contributed by atoms with Gasteiger partial charge in [-0.05, 0) is 125 Å². The summed E-state index contributed by atoms with van der Waals surface area (Å²) in [6.45, 7) is 1.38. The van der Waals surface area contributed by atoms with Crippen molar-refractivity contribution >= 4 is 43.1 Å². The normalized spacial score (nSPS) is 12.3. The van der Waals surface area contributed by atoms with Crippen molar-refractivity contribution in [3.63, 3.8) is 0 Å². The maximum Gasteiger partial charge on any atom is 0.128 e. The van der Waals surface area contributed by atoms with Gasteiger partial charge in [0.1, 0.15) is 74.1 Å². The zero-order valence-electron chi connectivity index (χ0n) is 44.6. The molecule has 0 atom stereocenters. The number of aliphatic hydroxyl groups excluding tert-OH is 2. The molecule has 0 fully saturated rings. The van der Waals surface area contributed by atoms with E-state index >= 15 is 0 Å². The second kappa shape index (κ2) is 22.6. The monoisotopic (exact) mass is 1060 g/mol. The van der Waals surface area contributed by atoms with Gasteiger partial charge in [-0.1, -0.05) is 194 Å². The fraction of sp³-hybridized carbons (Fsp3) is 0.123. The Morgan fingerprint density at radius 1 is 0.259 bits per heavy atom. The number of hydrogen-bond acceptors (Lipinski definition) is 8. The number of fused-ring (bicyclic) bond motifs is 7. The molecule has 0 saturated heterocycles. The highest BCUT2D eigenvalue weighted by Gasteiger charge is 2.46. The highest BCUT2D eigenvalue weighted by molar-refractivity contribution is 6.11. The van der Waals surface area contributed by atoms with Gasteiger partial charge in [-0.25, -0.2) is 0 Å². The molecule has 398 valence electrons. The Morgan fingerprint density at radius 3 is 0.877 bits per heavy atom. The molecule has 1 aliphatic rings. The standard InChI is InChI=1S/C73H58O8/c74-41-43-78-65-37-25-49-13-1-5-17-57(49)69(65)71-59-19-7-3-15-51(59)27-39-67(71)80-47-45-76-55-33-29-53(30-34-55)73(63-23-11-9-21-61(63)62-22-10-12-24-64(62)73)54-31-35-56(36-32-54)77-46-48-81-68-40-28-52-16-4-8-20-60(52)72(68)70-58-18-6-2-14-50(58)26-38-66(70)79-44-42-75/h1-40,74-75H,41-48H2. The second-order valence-corrected chi connectivity index (χ2v) is 20.1. The third-order valence-corrected chi connectivity index (χ3v) is 15.5. The zero-order valence-corrected chi connectivity index (χ0v) is 44.6. The van der Waals surface area contributed by atoms with Crippen LogP contribution in [-0.4, -0.2) is 63.1 Å². The predicted molar refractivity (Wildman–Crippen MR) is 325 cm³/mol. The fourth-order valence-corrected chi connectivity index (χ4v) is 12.1. The topological polar surface area (TPSA) is 95.8 Å². The highest BCUT2D eigenvalue weighted by Crippen LogP contribution is 2.56. The molecule has 0 radical (unpaired) electrons. The Balaban J connectivity index is 0.751. The van der Waals surface area contributed by atoms with E-state index in [1.807, 2.05) is 72.8 Å². The van der Waals surface area contributed by atoms with Crippen molar-refractivity contribution in [2.45, 2.75) is 5.41 Å². The molecule has 12 aromatic rings. The third kappa shape index (κ3) is 9.48. The third-order valence-electron chi connectivity index (χ3n) is 15.5. The van der Waals surface area contributed by atoms with E-state index in [2.05, 4.69) is 170 Å². The van der Waals surface area contributed by atoms with Crippen LogP contribution in [0.4, 0.5) is 0 Å². The van der Waals surface area contributed by atoms with Crippen molar-refractivity contribution in [3.05, 3.63) is 265 Å². The van der Waals surface area contributed by atoms with Crippen LogP contribution in [0.2, 0.25) is 0 Å². The van der Waals surface area contributed by atoms with E-state index in [1.54, 1.807) is 0 Å². The van der Waals surface area contributed by atoms with Gasteiger partial charge < -0.3 is 38.6 Å². The fourth-order valence-electron chi connectivity index (χ4n) is 12.1. The molecule has 0 saturated carbocycles. The van der Waals surface area contributed by atoms with E-state index in [0.29, 0.717) is 37.9 Å². The first kappa shape index (κ1) is 50.9. The van der Waals surface area contributed by atoms with Crippen LogP contribution in [0.15, 0.2) is 243 Å². The molecule has 12 aromatic carbocycles. The van der Waals surface area contributed by atoms with Crippen LogP contribution in [0.1, 0.15) is 22.3 Å². The lowest BCUT2D eigenvalue weighted by Gasteiger charge is -2.34. The quantitative estimate of drug-likeness (QED) is 0.0729. The summed E-state index contributed by atoms with van der Waals surface area (Å²) >= 11 is 0. The van der Waals surface area contributed by atoms with Gasteiger partial charge >= 0.3 is 0 Å². The lowest BCUT2D eigenvalue weighted by molar-refractivity contribution is 0.202. The Kier molecular flexibility index (Phi) is 14.2. The average molecular weight is 1060 g/mol. The zero-order chi connectivity index (χ0) is 54.5. The highest BCUT2D eigenvalue weighted by atomic mass is 16.5. The molecule has 0 amide bonds. The van der Waals surface area contributed by atoms with E-state index in [0.717, 1.165) is 99.5 Å². The van der Waals surface area contributed by atoms with Crippen LogP contribution in [-0.2, 0) is 5.41 Å². The largest absolute Gasteiger partial charge is 0.491 e. The Hall–Kier alpha value is -9.60. The minimum Gasteiger partial charge on any atom is -0.491 e. The predicted octanol–water partition coefficient (Wildman–Crippen LogP) is 15.7. The molecular formula is C73H58O8. The summed E-state index contributed by atoms with van der Waals surface area (Å²) in [5, 5.41) is 28.0. The Labute approximate surface area is 470 Å². The lowest BCUT2D eigenvalue weighted by Crippen LogP contribution is -2.28. The van der Waals surface area contributed by atoms with Crippen LogP contribution in [0.25, 0.3) is 76.5 Å². The molecule has 1 aliphatic carbocycles. The Morgan fingerprint density at radius 2 is 0.543 bits per heavy atom. The van der Waals surface area contributed by atoms with Crippen LogP contribution in [0.3, 0.4) is 0 Å². The van der Waals surface area contributed by atoms with Gasteiger partial charge in [-0.2, -0.15) is 0 Å². The molecule has 81 heavy (non-hydrogen) atoms. The summed E-state index contributed by atoms with van der Waals surface area (Å²) in [4.78, 5) is 0. The van der Waals surface area contributed by atoms with Gasteiger partial charge in [0.15, 0.2) is 0 Å². The van der Waals surface area contributed by atoms with E-state index in [9.17, 15) is 10.2 Å². The van der Waals surface area contributed by atoms with Crippen LogP contribution in [0.5, 0.6) is 34.5 Å². The minimum absolute atomic E-state index is 0.0951. The SMILES string of the molecule is OCCOc1ccc2ccccc2c1-c1c(OCCOc2ccc(C3(c4ccc(OCCOc5ccc6ccccc6c5-c5c(OCCO)ccc6ccccc56)cc4)c4ccccc4-c4ccccc43)cc2)ccc2ccccc12. The maximum absolute atomic E-state index is 9.75. The average Bonchev–Trinajstić information content (AvgIpc) is 3.94. The number of ether oxygens (including phenoxy) is 6. The van der Waals surface area contributed by atoms with Crippen molar-refractivity contribution in [3.8, 4) is 67.9 Å². The minimum atomic E-state index is -0.627. The molecule has 0 heterocycles. The summed E-state index contributed by atoms with van der Waals surface area (Å²) in [6.07, 6.45) is 0. The number of hydrogen-bond donors (Lipinski definition) is 2. The molecule has 8 heteroatoms. The molecule has 8 nitrogen and oxygen atoms in total. The second-order valence-electron chi connectivity index (χ2n) is 20.1. The van der Waals surface area contributed by atoms with Crippen molar-refractivity contribution < 1.29 is 38.6 Å². The summed E-state index contributed by atoms with van der Waals surface area (Å²) in [5.74, 6) is 4.27. The molecule has 2 N–H and O–H groups in total. The molecule has 0 aromatic heterocycles. The first-order valence-corrected chi connectivity index (χ1v) is 27.6. The number of benzene rings is 12. The van der Waals surface area contributed by atoms with E-state index in [4.69, 9.17) is 28.4 Å². The summed E-state index contributed by atoms with van der Waals surface area (Å²) in [5.41, 5.74) is 10.1. The van der Waals surface area contributed by atoms with Crippen molar-refractivity contribution in [2.75, 3.05) is 52.9 Å². The first-order valence-electron chi connectivity index (χ1n) is 27.6. The maximum atomic E-state index is 9.75. The van der Waals surface area contributed by atoms with Gasteiger partial charge in [0.2, 0.25) is 0 Å². The van der Waals surface area contributed by atoms with E-state index in [-0.39, 0.29) is 26.4 Å². The first-order chi connectivity index (χ1) is 40.1. The Bertz CT molecular complexity index is 3950. The van der Waals surface area contributed by atoms with Crippen molar-refractivity contribution in [1.29, 1.82) is 0 Å². The molecule has 0 bridgehead atoms. The van der Waals surface area contributed by atoms with Crippen molar-refractivity contribution in [2.24, 2.45) is 0 Å². The van der Waals surface area contributed by atoms with Gasteiger partial charge in [0.05, 0.1) is 18.6 Å². The summed E-state index contributed by atoms with van der Waals surface area (Å²) in [7, 11) is 0. The molecule has 13 rings (SSSR count). The van der Waals surface area contributed by atoms with Gasteiger partial charge in [0.25, 0.3) is 0 Å². The van der Waals surface area contributed by atoms with Crippen molar-refractivity contribution in [1.82, 2.24) is 0 Å². The molecular weight excluding hydrogens is 1000 g/mol. The van der Waals surface area contributed by atoms with Gasteiger partial charge in [-0.15, -0.1) is 0 Å². The molecule has 0 spiro atoms. The molecule has 0 aliphatic heterocycles. The van der Waals surface area contributed by atoms with Crippen LogP contribution in [0, 0.1) is 0 Å². The van der Waals surface area contributed by atoms with Crippen LogP contribution >= 0.6 is 0 Å². The lowest BCUT2D eigenvalue weighted by atomic mass is 9.68. The van der Waals surface area contributed by atoms with E-state index in [1.165, 1.54) is 22.3 Å². The summed E-state index contributed by atoms with van der Waals surface area (Å²) in [6, 6.07) is 83.9. The van der Waals surface area contributed by atoms with E-state index < -0.39 is 5.41 Å². The number of aliphatic hydroxyl groups is 2.